The molecule has 1 aromatic rings. The first-order valence-electron chi connectivity index (χ1n) is 8.80. The fourth-order valence-corrected chi connectivity index (χ4v) is 3.64. The van der Waals surface area contributed by atoms with E-state index in [4.69, 9.17) is 4.74 Å². The number of amides is 1. The minimum absolute atomic E-state index is 0.0674. The summed E-state index contributed by atoms with van der Waals surface area (Å²) in [6.45, 7) is 8.90. The number of carbonyl (C=O) groups excluding carboxylic acids is 1. The van der Waals surface area contributed by atoms with Crippen LogP contribution in [0.2, 0.25) is 0 Å². The molecule has 2 saturated heterocycles. The van der Waals surface area contributed by atoms with Crippen LogP contribution in [0.25, 0.3) is 0 Å². The van der Waals surface area contributed by atoms with Gasteiger partial charge in [-0.25, -0.2) is 0 Å². The van der Waals surface area contributed by atoms with E-state index in [0.717, 1.165) is 49.5 Å². The molecule has 0 radical (unpaired) electrons. The smallest absolute Gasteiger partial charge is 0.251 e. The van der Waals surface area contributed by atoms with Crippen LogP contribution in [0.4, 0.5) is 0 Å². The predicted molar refractivity (Wildman–Crippen MR) is 91.8 cm³/mol. The Morgan fingerprint density at radius 3 is 2.74 bits per heavy atom. The van der Waals surface area contributed by atoms with Crippen LogP contribution in [0.3, 0.4) is 0 Å². The summed E-state index contributed by atoms with van der Waals surface area (Å²) in [5.41, 5.74) is 2.99. The molecule has 1 aromatic carbocycles. The second-order valence-electron chi connectivity index (χ2n) is 7.03. The number of piperidine rings is 1. The summed E-state index contributed by atoms with van der Waals surface area (Å²) in [6, 6.07) is 6.68. The van der Waals surface area contributed by atoms with Crippen molar-refractivity contribution in [2.24, 2.45) is 5.92 Å². The molecule has 1 amide bonds. The van der Waals surface area contributed by atoms with E-state index < -0.39 is 0 Å². The first-order valence-corrected chi connectivity index (χ1v) is 8.80. The number of hydrogen-bond donors (Lipinski definition) is 1. The van der Waals surface area contributed by atoms with E-state index >= 15 is 0 Å². The summed E-state index contributed by atoms with van der Waals surface area (Å²) in [5, 5.41) is 3.14. The van der Waals surface area contributed by atoms with Crippen molar-refractivity contribution in [1.29, 1.82) is 0 Å². The van der Waals surface area contributed by atoms with Gasteiger partial charge in [-0.15, -0.1) is 0 Å². The number of benzene rings is 1. The van der Waals surface area contributed by atoms with Crippen molar-refractivity contribution in [1.82, 2.24) is 10.2 Å². The fourth-order valence-electron chi connectivity index (χ4n) is 3.64. The lowest BCUT2D eigenvalue weighted by Crippen LogP contribution is -2.44. The Hall–Kier alpha value is -1.39. The van der Waals surface area contributed by atoms with Crippen LogP contribution in [0.1, 0.15) is 40.7 Å². The van der Waals surface area contributed by atoms with Gasteiger partial charge >= 0.3 is 0 Å². The number of nitrogens with zero attached hydrogens (tertiary/aromatic N) is 1. The Balaban J connectivity index is 1.46. The second kappa shape index (κ2) is 7.45. The summed E-state index contributed by atoms with van der Waals surface area (Å²) >= 11 is 0. The molecular formula is C19H28N2O2. The standard InChI is InChI=1S/C19H28N2O2/c1-14-3-4-15(2)18(11-14)19(22)20-12-16-5-8-21(9-6-16)17-7-10-23-13-17/h3-4,11,16-17H,5-10,12-13H2,1-2H3,(H,20,22)/t17-/m1/s1. The molecule has 0 aromatic heterocycles. The van der Waals surface area contributed by atoms with Gasteiger partial charge in [-0.05, 0) is 63.7 Å². The van der Waals surface area contributed by atoms with Gasteiger partial charge in [0.15, 0.2) is 0 Å². The summed E-state index contributed by atoms with van der Waals surface area (Å²) in [4.78, 5) is 15.0. The molecular weight excluding hydrogens is 288 g/mol. The van der Waals surface area contributed by atoms with Crippen LogP contribution in [-0.2, 0) is 4.74 Å². The third-order valence-corrected chi connectivity index (χ3v) is 5.26. The molecule has 2 heterocycles. The SMILES string of the molecule is Cc1ccc(C)c(C(=O)NCC2CCN([C@@H]3CCOC3)CC2)c1. The van der Waals surface area contributed by atoms with Gasteiger partial charge in [-0.1, -0.05) is 17.7 Å². The van der Waals surface area contributed by atoms with Crippen molar-refractivity contribution < 1.29 is 9.53 Å². The molecule has 1 atom stereocenters. The summed E-state index contributed by atoms with van der Waals surface area (Å²) in [5.74, 6) is 0.667. The van der Waals surface area contributed by atoms with Gasteiger partial charge in [0.2, 0.25) is 0 Å². The highest BCUT2D eigenvalue weighted by molar-refractivity contribution is 5.95. The zero-order valence-electron chi connectivity index (χ0n) is 14.3. The number of carbonyl (C=O) groups is 1. The maximum absolute atomic E-state index is 12.4. The molecule has 0 unspecified atom stereocenters. The largest absolute Gasteiger partial charge is 0.380 e. The highest BCUT2D eigenvalue weighted by Gasteiger charge is 2.27. The van der Waals surface area contributed by atoms with Crippen molar-refractivity contribution in [2.75, 3.05) is 32.8 Å². The van der Waals surface area contributed by atoms with E-state index in [2.05, 4.69) is 16.3 Å². The van der Waals surface area contributed by atoms with Crippen molar-refractivity contribution in [3.8, 4) is 0 Å². The van der Waals surface area contributed by atoms with Gasteiger partial charge in [0.25, 0.3) is 5.91 Å². The average Bonchev–Trinajstić information content (AvgIpc) is 3.10. The lowest BCUT2D eigenvalue weighted by Gasteiger charge is -2.35. The maximum atomic E-state index is 12.4. The first-order chi connectivity index (χ1) is 11.1. The molecule has 2 fully saturated rings. The normalized spacial score (nSPS) is 23.1. The molecule has 4 heteroatoms. The topological polar surface area (TPSA) is 41.6 Å². The number of hydrogen-bond acceptors (Lipinski definition) is 3. The third-order valence-electron chi connectivity index (χ3n) is 5.26. The molecule has 0 aliphatic carbocycles. The van der Waals surface area contributed by atoms with Gasteiger partial charge < -0.3 is 10.1 Å². The molecule has 4 nitrogen and oxygen atoms in total. The average molecular weight is 316 g/mol. The molecule has 0 saturated carbocycles. The quantitative estimate of drug-likeness (QED) is 0.928. The molecule has 0 bridgehead atoms. The van der Waals surface area contributed by atoms with Gasteiger partial charge in [-0.2, -0.15) is 0 Å². The number of likely N-dealkylation sites (tertiary alicyclic amines) is 1. The molecule has 0 spiro atoms. The van der Waals surface area contributed by atoms with Crippen molar-refractivity contribution in [3.05, 3.63) is 34.9 Å². The number of nitrogens with one attached hydrogen (secondary N) is 1. The van der Waals surface area contributed by atoms with E-state index in [1.807, 2.05) is 26.0 Å². The lowest BCUT2D eigenvalue weighted by atomic mass is 9.95. The molecule has 2 aliphatic rings. The van der Waals surface area contributed by atoms with Crippen LogP contribution < -0.4 is 5.32 Å². The molecule has 2 aliphatic heterocycles. The van der Waals surface area contributed by atoms with E-state index in [-0.39, 0.29) is 5.91 Å². The molecule has 1 N–H and O–H groups in total. The Morgan fingerprint density at radius 2 is 2.04 bits per heavy atom. The summed E-state index contributed by atoms with van der Waals surface area (Å²) in [6.07, 6.45) is 3.52. The maximum Gasteiger partial charge on any atom is 0.251 e. The highest BCUT2D eigenvalue weighted by Crippen LogP contribution is 2.22. The van der Waals surface area contributed by atoms with E-state index in [1.54, 1.807) is 0 Å². The highest BCUT2D eigenvalue weighted by atomic mass is 16.5. The predicted octanol–water partition coefficient (Wildman–Crippen LogP) is 2.53. The zero-order chi connectivity index (χ0) is 16.2. The fraction of sp³-hybridized carbons (Fsp3) is 0.632. The van der Waals surface area contributed by atoms with Crippen LogP contribution in [0.5, 0.6) is 0 Å². The number of rotatable bonds is 4. The van der Waals surface area contributed by atoms with Gasteiger partial charge in [-0.3, -0.25) is 9.69 Å². The minimum atomic E-state index is 0.0674. The van der Waals surface area contributed by atoms with Crippen molar-refractivity contribution in [2.45, 2.75) is 39.2 Å². The Bertz CT molecular complexity index is 544. The van der Waals surface area contributed by atoms with Crippen molar-refractivity contribution >= 4 is 5.91 Å². The molecule has 126 valence electrons. The van der Waals surface area contributed by atoms with E-state index in [0.29, 0.717) is 12.0 Å². The van der Waals surface area contributed by atoms with E-state index in [9.17, 15) is 4.79 Å². The van der Waals surface area contributed by atoms with Crippen LogP contribution in [-0.4, -0.2) is 49.7 Å². The van der Waals surface area contributed by atoms with Crippen LogP contribution in [0.15, 0.2) is 18.2 Å². The first kappa shape index (κ1) is 16.5. The zero-order valence-corrected chi connectivity index (χ0v) is 14.3. The number of aryl methyl sites for hydroxylation is 2. The Morgan fingerprint density at radius 1 is 1.26 bits per heavy atom. The monoisotopic (exact) mass is 316 g/mol. The molecule has 23 heavy (non-hydrogen) atoms. The Kier molecular flexibility index (Phi) is 5.34. The number of ether oxygens (including phenoxy) is 1. The van der Waals surface area contributed by atoms with Crippen LogP contribution in [0, 0.1) is 19.8 Å². The summed E-state index contributed by atoms with van der Waals surface area (Å²) in [7, 11) is 0. The third kappa shape index (κ3) is 4.12. The minimum Gasteiger partial charge on any atom is -0.380 e. The lowest BCUT2D eigenvalue weighted by molar-refractivity contribution is 0.0910. The Labute approximate surface area is 139 Å². The second-order valence-corrected chi connectivity index (χ2v) is 7.03. The summed E-state index contributed by atoms with van der Waals surface area (Å²) < 4.78 is 5.49. The van der Waals surface area contributed by atoms with Gasteiger partial charge in [0.1, 0.15) is 0 Å². The van der Waals surface area contributed by atoms with Gasteiger partial charge in [0, 0.05) is 24.8 Å². The van der Waals surface area contributed by atoms with Crippen LogP contribution >= 0.6 is 0 Å². The van der Waals surface area contributed by atoms with E-state index in [1.165, 1.54) is 19.3 Å². The van der Waals surface area contributed by atoms with Crippen molar-refractivity contribution in [3.63, 3.8) is 0 Å². The molecule has 3 rings (SSSR count). The van der Waals surface area contributed by atoms with Gasteiger partial charge in [0.05, 0.1) is 6.61 Å².